The van der Waals surface area contributed by atoms with Gasteiger partial charge in [0.05, 0.1) is 29.5 Å². The number of aryl methyl sites for hydroxylation is 2. The lowest BCUT2D eigenvalue weighted by Gasteiger charge is -2.05. The smallest absolute Gasteiger partial charge is 0.361 e. The number of hydrogen-bond acceptors (Lipinski definition) is 6. The van der Waals surface area contributed by atoms with E-state index in [4.69, 9.17) is 4.52 Å². The molecule has 3 aromatic rings. The minimum absolute atomic E-state index is 0.125. The highest BCUT2D eigenvalue weighted by Gasteiger charge is 2.22. The molecular formula is C17H17N5O4. The summed E-state index contributed by atoms with van der Waals surface area (Å²) in [5, 5.41) is 21.2. The Morgan fingerprint density at radius 1 is 1.31 bits per heavy atom. The summed E-state index contributed by atoms with van der Waals surface area (Å²) in [7, 11) is 0. The molecule has 0 saturated heterocycles. The second kappa shape index (κ2) is 7.18. The van der Waals surface area contributed by atoms with Crippen LogP contribution in [0.2, 0.25) is 0 Å². The van der Waals surface area contributed by atoms with E-state index in [1.54, 1.807) is 6.92 Å². The third-order valence-electron chi connectivity index (χ3n) is 3.95. The number of nitrogens with one attached hydrogen (secondary N) is 1. The summed E-state index contributed by atoms with van der Waals surface area (Å²) < 4.78 is 6.50. The van der Waals surface area contributed by atoms with Crippen LogP contribution < -0.4 is 5.32 Å². The van der Waals surface area contributed by atoms with Gasteiger partial charge in [0.1, 0.15) is 5.76 Å². The Balaban J connectivity index is 1.79. The van der Waals surface area contributed by atoms with Gasteiger partial charge in [-0.1, -0.05) is 24.2 Å². The lowest BCUT2D eigenvalue weighted by molar-refractivity contribution is -0.389. The van der Waals surface area contributed by atoms with Crippen LogP contribution in [0.3, 0.4) is 0 Å². The first-order valence-corrected chi connectivity index (χ1v) is 8.01. The normalized spacial score (nSPS) is 10.7. The first kappa shape index (κ1) is 17.3. The second-order valence-corrected chi connectivity index (χ2v) is 5.70. The van der Waals surface area contributed by atoms with Gasteiger partial charge in [-0.2, -0.15) is 4.68 Å². The Bertz CT molecular complexity index is 942. The van der Waals surface area contributed by atoms with Crippen molar-refractivity contribution < 1.29 is 14.2 Å². The fourth-order valence-electron chi connectivity index (χ4n) is 2.47. The monoisotopic (exact) mass is 355 g/mol. The molecule has 0 aliphatic carbocycles. The molecule has 0 radical (unpaired) electrons. The first-order chi connectivity index (χ1) is 12.5. The molecule has 1 amide bonds. The highest BCUT2D eigenvalue weighted by atomic mass is 16.6. The van der Waals surface area contributed by atoms with Crippen molar-refractivity contribution in [1.82, 2.24) is 14.9 Å². The number of hydrogen-bond donors (Lipinski definition) is 1. The van der Waals surface area contributed by atoms with Gasteiger partial charge < -0.3 is 20.0 Å². The number of amides is 1. The van der Waals surface area contributed by atoms with E-state index >= 15 is 0 Å². The summed E-state index contributed by atoms with van der Waals surface area (Å²) in [5.74, 6) is -0.224. The van der Waals surface area contributed by atoms with E-state index in [-0.39, 0.29) is 18.1 Å². The number of aromatic nitrogens is 3. The Labute approximate surface area is 148 Å². The Morgan fingerprint density at radius 2 is 2.04 bits per heavy atom. The van der Waals surface area contributed by atoms with E-state index in [0.29, 0.717) is 17.0 Å². The zero-order valence-corrected chi connectivity index (χ0v) is 14.3. The third-order valence-corrected chi connectivity index (χ3v) is 3.95. The van der Waals surface area contributed by atoms with E-state index in [2.05, 4.69) is 22.5 Å². The van der Waals surface area contributed by atoms with E-state index < -0.39 is 10.8 Å². The van der Waals surface area contributed by atoms with Gasteiger partial charge in [0.15, 0.2) is 5.69 Å². The number of anilines is 1. The molecule has 0 atom stereocenters. The van der Waals surface area contributed by atoms with Crippen LogP contribution in [0.5, 0.6) is 0 Å². The molecule has 1 N–H and O–H groups in total. The number of rotatable bonds is 6. The summed E-state index contributed by atoms with van der Waals surface area (Å²) in [5.41, 5.74) is 2.46. The molecule has 1 aromatic carbocycles. The largest absolute Gasteiger partial charge is 0.389 e. The minimum atomic E-state index is -0.579. The lowest BCUT2D eigenvalue weighted by Crippen LogP contribution is -2.16. The van der Waals surface area contributed by atoms with Gasteiger partial charge in [0.25, 0.3) is 5.91 Å². The van der Waals surface area contributed by atoms with Gasteiger partial charge >= 0.3 is 5.82 Å². The fourth-order valence-corrected chi connectivity index (χ4v) is 2.47. The minimum Gasteiger partial charge on any atom is -0.361 e. The van der Waals surface area contributed by atoms with E-state index in [9.17, 15) is 14.9 Å². The standard InChI is InChI=1S/C17H17N5O4/c1-3-12-4-6-13(7-5-12)18-17(23)16-14(11(2)26-20-16)10-21-9-8-15(19-21)22(24)25/h4-9H,3,10H2,1-2H3,(H,18,23). The molecule has 134 valence electrons. The summed E-state index contributed by atoms with van der Waals surface area (Å²) in [6, 6.07) is 8.80. The predicted molar refractivity (Wildman–Crippen MR) is 93.0 cm³/mol. The average Bonchev–Trinajstić information content (AvgIpc) is 3.24. The van der Waals surface area contributed by atoms with Crippen molar-refractivity contribution in [2.45, 2.75) is 26.8 Å². The molecule has 9 nitrogen and oxygen atoms in total. The molecule has 0 spiro atoms. The Hall–Kier alpha value is -3.49. The number of carbonyl (C=O) groups is 1. The highest BCUT2D eigenvalue weighted by Crippen LogP contribution is 2.18. The summed E-state index contributed by atoms with van der Waals surface area (Å²) in [6.45, 7) is 3.87. The second-order valence-electron chi connectivity index (χ2n) is 5.70. The van der Waals surface area contributed by atoms with Crippen molar-refractivity contribution in [1.29, 1.82) is 0 Å². The lowest BCUT2D eigenvalue weighted by atomic mass is 10.1. The van der Waals surface area contributed by atoms with Crippen LogP contribution in [0.15, 0.2) is 41.1 Å². The maximum absolute atomic E-state index is 12.5. The van der Waals surface area contributed by atoms with E-state index in [0.717, 1.165) is 6.42 Å². The maximum atomic E-state index is 12.5. The number of benzene rings is 1. The molecule has 26 heavy (non-hydrogen) atoms. The van der Waals surface area contributed by atoms with Crippen LogP contribution in [0.1, 0.15) is 34.3 Å². The van der Waals surface area contributed by atoms with Crippen LogP contribution in [-0.2, 0) is 13.0 Å². The molecule has 0 saturated carbocycles. The molecule has 2 aromatic heterocycles. The van der Waals surface area contributed by atoms with Crippen LogP contribution in [0.4, 0.5) is 11.5 Å². The summed E-state index contributed by atoms with van der Waals surface area (Å²) >= 11 is 0. The summed E-state index contributed by atoms with van der Waals surface area (Å²) in [4.78, 5) is 22.7. The summed E-state index contributed by atoms with van der Waals surface area (Å²) in [6.07, 6.45) is 2.38. The molecule has 0 fully saturated rings. The highest BCUT2D eigenvalue weighted by molar-refractivity contribution is 6.03. The van der Waals surface area contributed by atoms with Gasteiger partial charge in [-0.25, -0.2) is 0 Å². The number of nitrogens with zero attached hydrogens (tertiary/aromatic N) is 4. The van der Waals surface area contributed by atoms with Crippen molar-refractivity contribution in [2.24, 2.45) is 0 Å². The van der Waals surface area contributed by atoms with Crippen LogP contribution >= 0.6 is 0 Å². The quantitative estimate of drug-likeness (QED) is 0.537. The molecule has 0 unspecified atom stereocenters. The van der Waals surface area contributed by atoms with Crippen molar-refractivity contribution >= 4 is 17.4 Å². The predicted octanol–water partition coefficient (Wildman–Crippen LogP) is 2.95. The molecule has 2 heterocycles. The van der Waals surface area contributed by atoms with Crippen molar-refractivity contribution in [3.63, 3.8) is 0 Å². The fraction of sp³-hybridized carbons (Fsp3) is 0.235. The maximum Gasteiger partial charge on any atom is 0.389 e. The van der Waals surface area contributed by atoms with Crippen molar-refractivity contribution in [3.8, 4) is 0 Å². The van der Waals surface area contributed by atoms with Crippen LogP contribution in [0.25, 0.3) is 0 Å². The molecule has 0 bridgehead atoms. The molecule has 0 aliphatic heterocycles. The molecule has 0 aliphatic rings. The zero-order valence-electron chi connectivity index (χ0n) is 14.3. The van der Waals surface area contributed by atoms with E-state index in [1.807, 2.05) is 24.3 Å². The van der Waals surface area contributed by atoms with Crippen molar-refractivity contribution in [2.75, 3.05) is 5.32 Å². The SMILES string of the molecule is CCc1ccc(NC(=O)c2noc(C)c2Cn2ccc([N+](=O)[O-])n2)cc1. The molecule has 9 heteroatoms. The van der Waals surface area contributed by atoms with Crippen LogP contribution in [-0.4, -0.2) is 25.8 Å². The number of carbonyl (C=O) groups excluding carboxylic acids is 1. The van der Waals surface area contributed by atoms with Gasteiger partial charge in [-0.3, -0.25) is 4.79 Å². The van der Waals surface area contributed by atoms with Crippen molar-refractivity contribution in [3.05, 3.63) is 69.2 Å². The van der Waals surface area contributed by atoms with Gasteiger partial charge in [0, 0.05) is 5.69 Å². The van der Waals surface area contributed by atoms with Crippen LogP contribution in [0, 0.1) is 17.0 Å². The Morgan fingerprint density at radius 3 is 2.65 bits per heavy atom. The zero-order chi connectivity index (χ0) is 18.7. The van der Waals surface area contributed by atoms with Gasteiger partial charge in [-0.05, 0) is 36.0 Å². The Kier molecular flexibility index (Phi) is 4.78. The number of nitro groups is 1. The molecule has 3 rings (SSSR count). The van der Waals surface area contributed by atoms with Gasteiger partial charge in [0.2, 0.25) is 0 Å². The first-order valence-electron chi connectivity index (χ1n) is 8.01. The van der Waals surface area contributed by atoms with Gasteiger partial charge in [-0.15, -0.1) is 0 Å². The van der Waals surface area contributed by atoms with E-state index in [1.165, 1.54) is 22.5 Å². The molecular weight excluding hydrogens is 338 g/mol. The third kappa shape index (κ3) is 3.61. The average molecular weight is 355 g/mol. The topological polar surface area (TPSA) is 116 Å².